The van der Waals surface area contributed by atoms with Crippen LogP contribution < -0.4 is 15.4 Å². The predicted octanol–water partition coefficient (Wildman–Crippen LogP) is 3.71. The molecule has 1 aliphatic heterocycles. The van der Waals surface area contributed by atoms with E-state index < -0.39 is 0 Å². The predicted molar refractivity (Wildman–Crippen MR) is 96.1 cm³/mol. The molecule has 3 rings (SSSR count). The third kappa shape index (κ3) is 2.79. The van der Waals surface area contributed by atoms with Crippen LogP contribution in [-0.4, -0.2) is 14.1 Å². The van der Waals surface area contributed by atoms with E-state index in [1.165, 1.54) is 0 Å². The first-order valence-electron chi connectivity index (χ1n) is 7.58. The Kier molecular flexibility index (Phi) is 4.37. The van der Waals surface area contributed by atoms with E-state index in [2.05, 4.69) is 6.07 Å². The highest BCUT2D eigenvalue weighted by atomic mass is 35.5. The van der Waals surface area contributed by atoms with Crippen LogP contribution in [0.4, 0.5) is 5.69 Å². The minimum Gasteiger partial charge on any atom is -0.440 e. The fourth-order valence-electron chi connectivity index (χ4n) is 2.86. The van der Waals surface area contributed by atoms with Crippen LogP contribution in [-0.2, 0) is 5.88 Å². The van der Waals surface area contributed by atoms with Gasteiger partial charge in [-0.3, -0.25) is 0 Å². The van der Waals surface area contributed by atoms with Crippen molar-refractivity contribution >= 4 is 17.3 Å². The Morgan fingerprint density at radius 2 is 1.92 bits per heavy atom. The molecule has 1 unspecified atom stereocenters. The van der Waals surface area contributed by atoms with Crippen molar-refractivity contribution in [1.29, 1.82) is 5.26 Å². The number of rotatable bonds is 3. The highest BCUT2D eigenvalue weighted by Gasteiger charge is 2.30. The average molecular weight is 340 g/mol. The summed E-state index contributed by atoms with van der Waals surface area (Å²) < 4.78 is 5.71. The van der Waals surface area contributed by atoms with Crippen molar-refractivity contribution in [2.45, 2.75) is 11.8 Å². The van der Waals surface area contributed by atoms with Gasteiger partial charge >= 0.3 is 0 Å². The second-order valence-corrected chi connectivity index (χ2v) is 6.18. The van der Waals surface area contributed by atoms with Crippen molar-refractivity contribution in [3.63, 3.8) is 0 Å². The van der Waals surface area contributed by atoms with Crippen LogP contribution in [0.2, 0.25) is 0 Å². The Bertz CT molecular complexity index is 835. The molecule has 5 heteroatoms. The lowest BCUT2D eigenvalue weighted by molar-refractivity contribution is 0.394. The molecule has 0 saturated heterocycles. The third-order valence-electron chi connectivity index (χ3n) is 4.19. The van der Waals surface area contributed by atoms with E-state index in [9.17, 15) is 5.26 Å². The van der Waals surface area contributed by atoms with Crippen LogP contribution in [0, 0.1) is 11.3 Å². The molecule has 0 fully saturated rings. The van der Waals surface area contributed by atoms with Crippen LogP contribution in [0.3, 0.4) is 0 Å². The van der Waals surface area contributed by atoms with Crippen molar-refractivity contribution in [3.05, 3.63) is 70.6 Å². The summed E-state index contributed by atoms with van der Waals surface area (Å²) in [5, 5.41) is 9.57. The zero-order valence-corrected chi connectivity index (χ0v) is 14.3. The van der Waals surface area contributed by atoms with E-state index in [1.807, 2.05) is 61.5 Å². The molecule has 1 atom stereocenters. The minimum absolute atomic E-state index is 0.160. The second-order valence-electron chi connectivity index (χ2n) is 5.92. The van der Waals surface area contributed by atoms with Crippen LogP contribution in [0.15, 0.2) is 53.9 Å². The summed E-state index contributed by atoms with van der Waals surface area (Å²) in [5.74, 6) is 1.07. The Morgan fingerprint density at radius 3 is 2.50 bits per heavy atom. The number of nitrogens with zero attached hydrogens (tertiary/aromatic N) is 2. The monoisotopic (exact) mass is 339 g/mol. The van der Waals surface area contributed by atoms with Gasteiger partial charge in [0.1, 0.15) is 17.4 Å². The molecule has 4 nitrogen and oxygen atoms in total. The molecule has 0 saturated carbocycles. The number of halogens is 1. The zero-order valence-electron chi connectivity index (χ0n) is 13.6. The Hall–Kier alpha value is -2.64. The molecule has 0 radical (unpaired) electrons. The number of benzene rings is 2. The summed E-state index contributed by atoms with van der Waals surface area (Å²) in [5.41, 5.74) is 10.4. The number of ether oxygens (including phenoxy) is 1. The maximum absolute atomic E-state index is 9.57. The fourth-order valence-corrected chi connectivity index (χ4v) is 3.04. The van der Waals surface area contributed by atoms with Gasteiger partial charge in [-0.15, -0.1) is 11.6 Å². The molecular weight excluding hydrogens is 322 g/mol. The molecule has 24 heavy (non-hydrogen) atoms. The normalized spacial score (nSPS) is 16.2. The van der Waals surface area contributed by atoms with E-state index in [-0.39, 0.29) is 11.8 Å². The first kappa shape index (κ1) is 16.2. The second kappa shape index (κ2) is 6.46. The lowest BCUT2D eigenvalue weighted by Crippen LogP contribution is -2.21. The van der Waals surface area contributed by atoms with Crippen molar-refractivity contribution < 1.29 is 4.74 Å². The highest BCUT2D eigenvalue weighted by Crippen LogP contribution is 2.43. The first-order valence-corrected chi connectivity index (χ1v) is 8.12. The number of fused-ring (bicyclic) bond motifs is 1. The van der Waals surface area contributed by atoms with Crippen LogP contribution in [0.25, 0.3) is 0 Å². The summed E-state index contributed by atoms with van der Waals surface area (Å²) in [6.45, 7) is 0. The lowest BCUT2D eigenvalue weighted by Gasteiger charge is -2.27. The zero-order chi connectivity index (χ0) is 17.3. The molecule has 0 amide bonds. The van der Waals surface area contributed by atoms with Crippen LogP contribution in [0.1, 0.15) is 22.6 Å². The van der Waals surface area contributed by atoms with Gasteiger partial charge in [0.2, 0.25) is 5.88 Å². The summed E-state index contributed by atoms with van der Waals surface area (Å²) in [6.07, 6.45) is 0. The van der Waals surface area contributed by atoms with Gasteiger partial charge in [-0.2, -0.15) is 5.26 Å². The number of alkyl halides is 1. The van der Waals surface area contributed by atoms with E-state index in [0.717, 1.165) is 22.4 Å². The number of nitrogens with two attached hydrogens (primary N) is 1. The number of nitriles is 1. The van der Waals surface area contributed by atoms with E-state index in [4.69, 9.17) is 22.1 Å². The first-order chi connectivity index (χ1) is 11.5. The minimum atomic E-state index is -0.237. The lowest BCUT2D eigenvalue weighted by atomic mass is 9.83. The van der Waals surface area contributed by atoms with E-state index >= 15 is 0 Å². The molecule has 0 aromatic heterocycles. The van der Waals surface area contributed by atoms with Gasteiger partial charge in [0.05, 0.1) is 5.92 Å². The highest BCUT2D eigenvalue weighted by molar-refractivity contribution is 6.17. The SMILES string of the molecule is CN(C)c1ccc2c(c1)OC(N)=C(C#N)C2c1ccc(CCl)cc1. The van der Waals surface area contributed by atoms with Crippen molar-refractivity contribution in [2.24, 2.45) is 5.73 Å². The Morgan fingerprint density at radius 1 is 1.21 bits per heavy atom. The number of anilines is 1. The van der Waals surface area contributed by atoms with Gasteiger partial charge in [-0.05, 0) is 17.2 Å². The smallest absolute Gasteiger partial charge is 0.205 e. The van der Waals surface area contributed by atoms with Gasteiger partial charge in [0, 0.05) is 37.3 Å². The topological polar surface area (TPSA) is 62.3 Å². The number of hydrogen-bond donors (Lipinski definition) is 1. The fraction of sp³-hybridized carbons (Fsp3) is 0.211. The Balaban J connectivity index is 2.14. The van der Waals surface area contributed by atoms with Gasteiger partial charge in [-0.25, -0.2) is 0 Å². The Labute approximate surface area is 146 Å². The van der Waals surface area contributed by atoms with Gasteiger partial charge in [0.15, 0.2) is 0 Å². The van der Waals surface area contributed by atoms with Gasteiger partial charge < -0.3 is 15.4 Å². The van der Waals surface area contributed by atoms with Gasteiger partial charge in [-0.1, -0.05) is 30.3 Å². The average Bonchev–Trinajstić information content (AvgIpc) is 2.60. The maximum Gasteiger partial charge on any atom is 0.205 e. The largest absolute Gasteiger partial charge is 0.440 e. The summed E-state index contributed by atoms with van der Waals surface area (Å²) >= 11 is 5.87. The van der Waals surface area contributed by atoms with Crippen LogP contribution >= 0.6 is 11.6 Å². The number of hydrogen-bond acceptors (Lipinski definition) is 4. The third-order valence-corrected chi connectivity index (χ3v) is 4.50. The molecule has 2 aromatic rings. The van der Waals surface area contributed by atoms with Crippen molar-refractivity contribution in [2.75, 3.05) is 19.0 Å². The standard InChI is InChI=1S/C19H18ClN3O/c1-23(2)14-7-8-15-17(9-14)24-19(22)16(11-21)18(15)13-5-3-12(10-20)4-6-13/h3-9,18H,10,22H2,1-2H3. The van der Waals surface area contributed by atoms with E-state index in [0.29, 0.717) is 17.2 Å². The molecule has 1 heterocycles. The van der Waals surface area contributed by atoms with Gasteiger partial charge in [0.25, 0.3) is 0 Å². The molecule has 0 bridgehead atoms. The van der Waals surface area contributed by atoms with Crippen molar-refractivity contribution in [3.8, 4) is 11.8 Å². The van der Waals surface area contributed by atoms with Crippen molar-refractivity contribution in [1.82, 2.24) is 0 Å². The van der Waals surface area contributed by atoms with E-state index in [1.54, 1.807) is 0 Å². The molecule has 2 N–H and O–H groups in total. The molecule has 0 aliphatic carbocycles. The molecule has 2 aromatic carbocycles. The molecule has 0 spiro atoms. The molecular formula is C19H18ClN3O. The summed E-state index contributed by atoms with van der Waals surface area (Å²) in [6, 6.07) is 16.1. The number of allylic oxidation sites excluding steroid dienone is 1. The summed E-state index contributed by atoms with van der Waals surface area (Å²) in [7, 11) is 3.93. The van der Waals surface area contributed by atoms with Crippen LogP contribution in [0.5, 0.6) is 5.75 Å². The quantitative estimate of drug-likeness (QED) is 0.866. The molecule has 1 aliphatic rings. The molecule has 122 valence electrons. The maximum atomic E-state index is 9.57. The summed E-state index contributed by atoms with van der Waals surface area (Å²) in [4.78, 5) is 1.99.